The van der Waals surface area contributed by atoms with E-state index in [-0.39, 0.29) is 29.1 Å². The summed E-state index contributed by atoms with van der Waals surface area (Å²) in [5.74, 6) is -1.44. The van der Waals surface area contributed by atoms with Crippen LogP contribution in [0.25, 0.3) is 11.4 Å². The summed E-state index contributed by atoms with van der Waals surface area (Å²) in [4.78, 5) is 33.1. The average Bonchev–Trinajstić information content (AvgIpc) is 3.40. The van der Waals surface area contributed by atoms with E-state index in [1.807, 2.05) is 24.4 Å². The molecule has 0 atom stereocenters. The maximum Gasteiger partial charge on any atom is 0.288 e. The van der Waals surface area contributed by atoms with Crippen molar-refractivity contribution < 1.29 is 14.0 Å². The molecule has 0 unspecified atom stereocenters. The molecule has 10 heteroatoms. The van der Waals surface area contributed by atoms with Gasteiger partial charge >= 0.3 is 0 Å². The van der Waals surface area contributed by atoms with Gasteiger partial charge in [0.1, 0.15) is 12.4 Å². The number of hydrogen-bond donors (Lipinski definition) is 2. The maximum absolute atomic E-state index is 13.8. The minimum Gasteiger partial charge on any atom is -0.352 e. The van der Waals surface area contributed by atoms with Crippen molar-refractivity contribution in [1.82, 2.24) is 25.4 Å². The molecular formula is C21H18ClFN6O2. The number of aliphatic imine (C=N–C) groups is 1. The fraction of sp³-hybridized carbons (Fsp3) is 0.190. The third-order valence-corrected chi connectivity index (χ3v) is 5.07. The molecule has 0 aliphatic carbocycles. The van der Waals surface area contributed by atoms with Crippen LogP contribution in [-0.2, 0) is 24.4 Å². The van der Waals surface area contributed by atoms with Crippen molar-refractivity contribution in [3.8, 4) is 11.4 Å². The smallest absolute Gasteiger partial charge is 0.288 e. The van der Waals surface area contributed by atoms with Crippen LogP contribution in [0.1, 0.15) is 27.3 Å². The number of hydrogen-bond acceptors (Lipinski definition) is 5. The van der Waals surface area contributed by atoms with Crippen LogP contribution in [0, 0.1) is 5.82 Å². The van der Waals surface area contributed by atoms with Gasteiger partial charge < -0.3 is 10.6 Å². The van der Waals surface area contributed by atoms with Crippen LogP contribution in [0.2, 0.25) is 5.02 Å². The predicted molar refractivity (Wildman–Crippen MR) is 113 cm³/mol. The van der Waals surface area contributed by atoms with Gasteiger partial charge in [0.05, 0.1) is 11.6 Å². The number of rotatable bonds is 6. The standard InChI is InChI=1S/C21H18ClFN6O2/c1-24-21(31)20-27-19(13-4-5-16(22)17(23)7-13)28-29(20)11-18(30)26-8-12-2-3-14-9-25-10-15(14)6-12/h2-7,10H,8-9,11H2,1H3,(H,24,31)(H,26,30). The van der Waals surface area contributed by atoms with Crippen molar-refractivity contribution >= 4 is 29.6 Å². The lowest BCUT2D eigenvalue weighted by atomic mass is 10.1. The molecule has 1 aliphatic heterocycles. The minimum atomic E-state index is -0.630. The fourth-order valence-corrected chi connectivity index (χ4v) is 3.26. The summed E-state index contributed by atoms with van der Waals surface area (Å²) in [5.41, 5.74) is 3.47. The van der Waals surface area contributed by atoms with E-state index < -0.39 is 11.7 Å². The van der Waals surface area contributed by atoms with E-state index >= 15 is 0 Å². The van der Waals surface area contributed by atoms with Gasteiger partial charge in [0, 0.05) is 25.4 Å². The Hall–Kier alpha value is -3.59. The average molecular weight is 441 g/mol. The lowest BCUT2D eigenvalue weighted by Gasteiger charge is -2.08. The van der Waals surface area contributed by atoms with Crippen molar-refractivity contribution in [1.29, 1.82) is 0 Å². The number of nitrogens with one attached hydrogen (secondary N) is 2. The van der Waals surface area contributed by atoms with Gasteiger partial charge in [0.15, 0.2) is 5.82 Å². The molecule has 0 spiro atoms. The first-order chi connectivity index (χ1) is 14.9. The van der Waals surface area contributed by atoms with Gasteiger partial charge in [-0.3, -0.25) is 14.6 Å². The summed E-state index contributed by atoms with van der Waals surface area (Å²) in [6.07, 6.45) is 1.81. The number of nitrogens with zero attached hydrogens (tertiary/aromatic N) is 4. The lowest BCUT2D eigenvalue weighted by molar-refractivity contribution is -0.122. The monoisotopic (exact) mass is 440 g/mol. The van der Waals surface area contributed by atoms with Crippen LogP contribution in [-0.4, -0.2) is 39.8 Å². The van der Waals surface area contributed by atoms with Crippen LogP contribution in [0.4, 0.5) is 4.39 Å². The zero-order valence-corrected chi connectivity index (χ0v) is 17.3. The Morgan fingerprint density at radius 1 is 1.23 bits per heavy atom. The second-order valence-corrected chi connectivity index (χ2v) is 7.31. The fourth-order valence-electron chi connectivity index (χ4n) is 3.14. The molecule has 0 bridgehead atoms. The van der Waals surface area contributed by atoms with Crippen LogP contribution in [0.15, 0.2) is 41.4 Å². The topological polar surface area (TPSA) is 101 Å². The Morgan fingerprint density at radius 3 is 2.84 bits per heavy atom. The summed E-state index contributed by atoms with van der Waals surface area (Å²) in [6.45, 7) is 0.772. The predicted octanol–water partition coefficient (Wildman–Crippen LogP) is 2.35. The molecule has 2 heterocycles. The van der Waals surface area contributed by atoms with Gasteiger partial charge in [-0.05, 0) is 41.0 Å². The molecule has 0 radical (unpaired) electrons. The summed E-state index contributed by atoms with van der Waals surface area (Å²) in [5, 5.41) is 9.45. The molecule has 4 rings (SSSR count). The highest BCUT2D eigenvalue weighted by Crippen LogP contribution is 2.22. The van der Waals surface area contributed by atoms with E-state index in [1.165, 1.54) is 29.9 Å². The van der Waals surface area contributed by atoms with E-state index in [9.17, 15) is 14.0 Å². The Bertz CT molecular complexity index is 1210. The molecule has 1 aliphatic rings. The molecule has 1 aromatic heterocycles. The zero-order valence-electron chi connectivity index (χ0n) is 16.5. The molecule has 0 fully saturated rings. The maximum atomic E-state index is 13.8. The third kappa shape index (κ3) is 4.46. The molecule has 3 aromatic rings. The SMILES string of the molecule is CNC(=O)c1nc(-c2ccc(Cl)c(F)c2)nn1CC(=O)NCc1ccc2c(c1)C=NC2. The first kappa shape index (κ1) is 20.7. The van der Waals surface area contributed by atoms with Gasteiger partial charge in [0.2, 0.25) is 11.7 Å². The van der Waals surface area contributed by atoms with E-state index in [1.54, 1.807) is 0 Å². The van der Waals surface area contributed by atoms with Crippen LogP contribution in [0.3, 0.4) is 0 Å². The second kappa shape index (κ2) is 8.65. The number of carbonyl (C=O) groups is 2. The van der Waals surface area contributed by atoms with Crippen LogP contribution < -0.4 is 10.6 Å². The highest BCUT2D eigenvalue weighted by atomic mass is 35.5. The lowest BCUT2D eigenvalue weighted by Crippen LogP contribution is -2.30. The number of amides is 2. The Morgan fingerprint density at radius 2 is 2.06 bits per heavy atom. The number of fused-ring (bicyclic) bond motifs is 1. The van der Waals surface area contributed by atoms with Gasteiger partial charge in [0.25, 0.3) is 5.91 Å². The summed E-state index contributed by atoms with van der Waals surface area (Å²) in [7, 11) is 1.44. The molecule has 31 heavy (non-hydrogen) atoms. The molecule has 0 saturated heterocycles. The molecule has 2 N–H and O–H groups in total. The number of aromatic nitrogens is 3. The summed E-state index contributed by atoms with van der Waals surface area (Å²) in [6, 6.07) is 9.99. The molecule has 0 saturated carbocycles. The summed E-state index contributed by atoms with van der Waals surface area (Å²) < 4.78 is 15.0. The zero-order chi connectivity index (χ0) is 22.0. The molecule has 2 amide bonds. The van der Waals surface area contributed by atoms with E-state index in [4.69, 9.17) is 11.6 Å². The van der Waals surface area contributed by atoms with Crippen molar-refractivity contribution in [3.63, 3.8) is 0 Å². The molecule has 2 aromatic carbocycles. The second-order valence-electron chi connectivity index (χ2n) is 6.90. The normalized spacial score (nSPS) is 12.0. The Labute approximate surface area is 182 Å². The van der Waals surface area contributed by atoms with Crippen molar-refractivity contribution in [3.05, 3.63) is 69.8 Å². The first-order valence-corrected chi connectivity index (χ1v) is 9.83. The van der Waals surface area contributed by atoms with Gasteiger partial charge in [-0.25, -0.2) is 14.1 Å². The Kier molecular flexibility index (Phi) is 5.77. The molecule has 158 valence electrons. The number of carbonyl (C=O) groups excluding carboxylic acids is 2. The van der Waals surface area contributed by atoms with Crippen LogP contribution in [0.5, 0.6) is 0 Å². The third-order valence-electron chi connectivity index (χ3n) is 4.77. The van der Waals surface area contributed by atoms with Crippen molar-refractivity contribution in [2.45, 2.75) is 19.6 Å². The van der Waals surface area contributed by atoms with E-state index in [2.05, 4.69) is 25.7 Å². The Balaban J connectivity index is 1.50. The van der Waals surface area contributed by atoms with Crippen molar-refractivity contribution in [2.24, 2.45) is 4.99 Å². The van der Waals surface area contributed by atoms with E-state index in [0.717, 1.165) is 16.7 Å². The van der Waals surface area contributed by atoms with Crippen LogP contribution >= 0.6 is 11.6 Å². The quantitative estimate of drug-likeness (QED) is 0.614. The largest absolute Gasteiger partial charge is 0.352 e. The van der Waals surface area contributed by atoms with E-state index in [0.29, 0.717) is 18.7 Å². The first-order valence-electron chi connectivity index (χ1n) is 9.45. The van der Waals surface area contributed by atoms with Gasteiger partial charge in [-0.1, -0.05) is 23.7 Å². The minimum absolute atomic E-state index is 0.0353. The van der Waals surface area contributed by atoms with Crippen molar-refractivity contribution in [2.75, 3.05) is 7.05 Å². The highest BCUT2D eigenvalue weighted by Gasteiger charge is 2.20. The number of halogens is 2. The van der Waals surface area contributed by atoms with Gasteiger partial charge in [-0.15, -0.1) is 5.10 Å². The van der Waals surface area contributed by atoms with Gasteiger partial charge in [-0.2, -0.15) is 0 Å². The molecular weight excluding hydrogens is 423 g/mol. The summed E-state index contributed by atoms with van der Waals surface area (Å²) >= 11 is 5.72. The highest BCUT2D eigenvalue weighted by molar-refractivity contribution is 6.30. The molecule has 8 nitrogen and oxygen atoms in total. The number of benzene rings is 2.